The number of halogens is 2. The zero-order chi connectivity index (χ0) is 18.2. The zero-order valence-corrected chi connectivity index (χ0v) is 15.2. The minimum absolute atomic E-state index is 0.0502. The van der Waals surface area contributed by atoms with Crippen LogP contribution in [0, 0.1) is 5.82 Å². The Morgan fingerprint density at radius 2 is 2.04 bits per heavy atom. The number of carbonyl (C=O) groups is 1. The average Bonchev–Trinajstić information content (AvgIpc) is 2.59. The molecule has 0 bridgehead atoms. The number of carbonyl (C=O) groups excluding carboxylic acids is 1. The Labute approximate surface area is 152 Å². The third-order valence-corrected chi connectivity index (χ3v) is 4.19. The molecular weight excluding hydrogens is 343 g/mol. The minimum Gasteiger partial charge on any atom is -0.494 e. The Morgan fingerprint density at radius 1 is 1.24 bits per heavy atom. The van der Waals surface area contributed by atoms with E-state index in [1.165, 1.54) is 13.2 Å². The molecule has 1 unspecified atom stereocenters. The molecule has 4 nitrogen and oxygen atoms in total. The third kappa shape index (κ3) is 6.03. The maximum absolute atomic E-state index is 13.8. The fourth-order valence-electron chi connectivity index (χ4n) is 2.56. The monoisotopic (exact) mass is 365 g/mol. The van der Waals surface area contributed by atoms with E-state index in [0.717, 1.165) is 22.6 Å². The van der Waals surface area contributed by atoms with Gasteiger partial charge in [-0.1, -0.05) is 23.7 Å². The molecule has 0 radical (unpaired) electrons. The lowest BCUT2D eigenvalue weighted by Gasteiger charge is -2.17. The second-order valence-corrected chi connectivity index (χ2v) is 6.27. The molecule has 0 aliphatic carbocycles. The van der Waals surface area contributed by atoms with E-state index in [-0.39, 0.29) is 17.5 Å². The summed E-state index contributed by atoms with van der Waals surface area (Å²) in [4.78, 5) is 13.2. The fourth-order valence-corrected chi connectivity index (χ4v) is 2.77. The van der Waals surface area contributed by atoms with Crippen molar-refractivity contribution in [3.05, 3.63) is 64.4 Å². The van der Waals surface area contributed by atoms with E-state index in [9.17, 15) is 9.18 Å². The van der Waals surface area contributed by atoms with E-state index in [1.54, 1.807) is 12.1 Å². The largest absolute Gasteiger partial charge is 0.494 e. The molecule has 0 heterocycles. The van der Waals surface area contributed by atoms with Gasteiger partial charge in [-0.15, -0.1) is 0 Å². The van der Waals surface area contributed by atoms with Gasteiger partial charge in [-0.2, -0.15) is 0 Å². The molecule has 2 aromatic rings. The number of benzene rings is 2. The summed E-state index contributed by atoms with van der Waals surface area (Å²) in [5.41, 5.74) is 1.79. The first-order valence-electron chi connectivity index (χ1n) is 8.19. The lowest BCUT2D eigenvalue weighted by atomic mass is 10.2. The number of rotatable bonds is 8. The maximum Gasteiger partial charge on any atom is 0.275 e. The van der Waals surface area contributed by atoms with E-state index in [4.69, 9.17) is 16.3 Å². The highest BCUT2D eigenvalue weighted by molar-refractivity contribution is 6.30. The van der Waals surface area contributed by atoms with Crippen LogP contribution in [0.1, 0.15) is 18.1 Å². The van der Waals surface area contributed by atoms with Crippen LogP contribution in [0.25, 0.3) is 0 Å². The van der Waals surface area contributed by atoms with E-state index in [2.05, 4.69) is 5.32 Å². The molecule has 6 heteroatoms. The fraction of sp³-hybridized carbons (Fsp3) is 0.316. The van der Waals surface area contributed by atoms with Gasteiger partial charge in [0.15, 0.2) is 18.1 Å². The molecule has 2 N–H and O–H groups in total. The number of hydrogen-bond donors (Lipinski definition) is 2. The molecule has 134 valence electrons. The molecule has 1 atom stereocenters. The number of quaternary nitrogens is 1. The summed E-state index contributed by atoms with van der Waals surface area (Å²) >= 11 is 5.94. The smallest absolute Gasteiger partial charge is 0.275 e. The predicted molar refractivity (Wildman–Crippen MR) is 96.3 cm³/mol. The molecule has 0 fully saturated rings. The van der Waals surface area contributed by atoms with Crippen molar-refractivity contribution in [2.24, 2.45) is 0 Å². The molecule has 25 heavy (non-hydrogen) atoms. The van der Waals surface area contributed by atoms with Gasteiger partial charge in [-0.25, -0.2) is 4.39 Å². The van der Waals surface area contributed by atoms with Crippen LogP contribution in [0.4, 0.5) is 4.39 Å². The highest BCUT2D eigenvalue weighted by Gasteiger charge is 2.14. The number of nitrogens with one attached hydrogen (secondary N) is 2. The van der Waals surface area contributed by atoms with Gasteiger partial charge in [0, 0.05) is 17.1 Å². The summed E-state index contributed by atoms with van der Waals surface area (Å²) in [6, 6.07) is 12.3. The zero-order valence-electron chi connectivity index (χ0n) is 14.4. The van der Waals surface area contributed by atoms with Crippen LogP contribution in [0.2, 0.25) is 5.02 Å². The maximum atomic E-state index is 13.8. The third-order valence-electron chi connectivity index (χ3n) is 3.96. The van der Waals surface area contributed by atoms with Crippen LogP contribution in [-0.2, 0) is 17.9 Å². The lowest BCUT2D eigenvalue weighted by molar-refractivity contribution is -0.904. The van der Waals surface area contributed by atoms with Gasteiger partial charge in [0.1, 0.15) is 6.54 Å². The second kappa shape index (κ2) is 9.39. The van der Waals surface area contributed by atoms with Crippen LogP contribution < -0.4 is 15.0 Å². The molecular formula is C19H23ClFN2O2+. The summed E-state index contributed by atoms with van der Waals surface area (Å²) in [6.07, 6.45) is 0. The van der Waals surface area contributed by atoms with Crippen molar-refractivity contribution in [3.63, 3.8) is 0 Å². The standard InChI is InChI=1S/C19H22ClFN2O2/c1-3-23(12-15-7-8-18(25-2)17(21)10-15)13-19(24)22-11-14-5-4-6-16(20)9-14/h4-10H,3,11-13H2,1-2H3,(H,22,24)/p+1. The predicted octanol–water partition coefficient (Wildman–Crippen LogP) is 2.21. The Hall–Kier alpha value is -2.11. The summed E-state index contributed by atoms with van der Waals surface area (Å²) in [7, 11) is 1.44. The van der Waals surface area contributed by atoms with Crippen LogP contribution in [0.15, 0.2) is 42.5 Å². The van der Waals surface area contributed by atoms with Crippen molar-refractivity contribution in [3.8, 4) is 5.75 Å². The topological polar surface area (TPSA) is 42.8 Å². The van der Waals surface area contributed by atoms with Gasteiger partial charge in [-0.3, -0.25) is 4.79 Å². The first-order valence-corrected chi connectivity index (χ1v) is 8.56. The Kier molecular flexibility index (Phi) is 7.22. The Bertz CT molecular complexity index is 724. The molecule has 0 spiro atoms. The van der Waals surface area contributed by atoms with E-state index >= 15 is 0 Å². The van der Waals surface area contributed by atoms with Gasteiger partial charge in [0.25, 0.3) is 5.91 Å². The van der Waals surface area contributed by atoms with E-state index < -0.39 is 0 Å². The lowest BCUT2D eigenvalue weighted by Crippen LogP contribution is -3.11. The molecule has 0 aliphatic rings. The Morgan fingerprint density at radius 3 is 2.68 bits per heavy atom. The van der Waals surface area contributed by atoms with Crippen molar-refractivity contribution >= 4 is 17.5 Å². The first kappa shape index (κ1) is 19.2. The van der Waals surface area contributed by atoms with Gasteiger partial charge < -0.3 is 15.0 Å². The molecule has 0 aliphatic heterocycles. The van der Waals surface area contributed by atoms with Crippen LogP contribution in [0.3, 0.4) is 0 Å². The average molecular weight is 366 g/mol. The van der Waals surface area contributed by atoms with Crippen molar-refractivity contribution in [1.82, 2.24) is 5.32 Å². The van der Waals surface area contributed by atoms with Crippen LogP contribution >= 0.6 is 11.6 Å². The normalized spacial score (nSPS) is 11.8. The first-order chi connectivity index (χ1) is 12.0. The van der Waals surface area contributed by atoms with Crippen LogP contribution in [0.5, 0.6) is 5.75 Å². The quantitative estimate of drug-likeness (QED) is 0.753. The number of methoxy groups -OCH3 is 1. The van der Waals surface area contributed by atoms with Gasteiger partial charge in [0.05, 0.1) is 13.7 Å². The summed E-state index contributed by atoms with van der Waals surface area (Å²) in [5.74, 6) is -0.215. The SMILES string of the molecule is CC[NH+](CC(=O)NCc1cccc(Cl)c1)Cc1ccc(OC)c(F)c1. The van der Waals surface area contributed by atoms with Gasteiger partial charge in [-0.05, 0) is 42.8 Å². The van der Waals surface area contributed by atoms with Crippen molar-refractivity contribution in [2.75, 3.05) is 20.2 Å². The molecule has 2 rings (SSSR count). The second-order valence-electron chi connectivity index (χ2n) is 5.83. The number of amides is 1. The number of hydrogen-bond acceptors (Lipinski definition) is 2. The van der Waals surface area contributed by atoms with Gasteiger partial charge in [0.2, 0.25) is 0 Å². The van der Waals surface area contributed by atoms with E-state index in [0.29, 0.717) is 24.7 Å². The minimum atomic E-state index is -0.388. The number of likely N-dealkylation sites (N-methyl/N-ethyl adjacent to an activating group) is 1. The van der Waals surface area contributed by atoms with Crippen molar-refractivity contribution in [1.29, 1.82) is 0 Å². The van der Waals surface area contributed by atoms with Crippen LogP contribution in [-0.4, -0.2) is 26.1 Å². The summed E-state index contributed by atoms with van der Waals surface area (Å²) < 4.78 is 18.7. The van der Waals surface area contributed by atoms with E-state index in [1.807, 2.05) is 31.2 Å². The molecule has 2 aromatic carbocycles. The van der Waals surface area contributed by atoms with Crippen molar-refractivity contribution in [2.45, 2.75) is 20.0 Å². The molecule has 0 saturated heterocycles. The summed E-state index contributed by atoms with van der Waals surface area (Å²) in [5, 5.41) is 3.54. The van der Waals surface area contributed by atoms with Crippen molar-refractivity contribution < 1.29 is 18.8 Å². The highest BCUT2D eigenvalue weighted by atomic mass is 35.5. The molecule has 1 amide bonds. The molecule has 0 saturated carbocycles. The summed E-state index contributed by atoms with van der Waals surface area (Å²) in [6.45, 7) is 4.10. The Balaban J connectivity index is 1.88. The molecule has 0 aromatic heterocycles. The van der Waals surface area contributed by atoms with Gasteiger partial charge >= 0.3 is 0 Å². The number of ether oxygens (including phenoxy) is 1. The highest BCUT2D eigenvalue weighted by Crippen LogP contribution is 2.17.